The minimum absolute atomic E-state index is 0.102. The van der Waals surface area contributed by atoms with Gasteiger partial charge < -0.3 is 20.2 Å². The molecule has 3 atom stereocenters. The lowest BCUT2D eigenvalue weighted by atomic mass is 10.3. The van der Waals surface area contributed by atoms with E-state index in [-0.39, 0.29) is 13.1 Å². The zero-order valence-corrected chi connectivity index (χ0v) is 6.84. The molecule has 0 unspecified atom stereocenters. The van der Waals surface area contributed by atoms with E-state index in [0.29, 0.717) is 0 Å². The van der Waals surface area contributed by atoms with Gasteiger partial charge in [-0.25, -0.2) is 0 Å². The average Bonchev–Trinajstić information content (AvgIpc) is 2.30. The Morgan fingerprint density at radius 3 is 2.17 bits per heavy atom. The number of likely N-dealkylation sites (tertiary alicyclic amines) is 1. The van der Waals surface area contributed by atoms with Gasteiger partial charge in [-0.1, -0.05) is 0 Å². The van der Waals surface area contributed by atoms with E-state index in [1.807, 2.05) is 0 Å². The molecule has 0 aromatic heterocycles. The summed E-state index contributed by atoms with van der Waals surface area (Å²) in [5.74, 6) is -0.453. The summed E-state index contributed by atoms with van der Waals surface area (Å²) in [4.78, 5) is 12.3. The SMILES string of the molecule is C[C@H](O)C(=O)N1C[C@@H](O)[C@@H](O)C1. The quantitative estimate of drug-likeness (QED) is 0.427. The first kappa shape index (κ1) is 9.44. The van der Waals surface area contributed by atoms with Crippen molar-refractivity contribution in [3.63, 3.8) is 0 Å². The summed E-state index contributed by atoms with van der Waals surface area (Å²) >= 11 is 0. The van der Waals surface area contributed by atoms with Crippen LogP contribution in [0.3, 0.4) is 0 Å². The summed E-state index contributed by atoms with van der Waals surface area (Å²) in [7, 11) is 0. The largest absolute Gasteiger partial charge is 0.388 e. The van der Waals surface area contributed by atoms with Crippen molar-refractivity contribution in [2.45, 2.75) is 25.2 Å². The van der Waals surface area contributed by atoms with Crippen LogP contribution in [0.1, 0.15) is 6.92 Å². The fourth-order valence-corrected chi connectivity index (χ4v) is 1.21. The van der Waals surface area contributed by atoms with Gasteiger partial charge in [-0.05, 0) is 6.92 Å². The van der Waals surface area contributed by atoms with Crippen molar-refractivity contribution in [1.82, 2.24) is 4.90 Å². The molecule has 0 aromatic carbocycles. The highest BCUT2D eigenvalue weighted by molar-refractivity contribution is 5.80. The molecule has 5 heteroatoms. The molecule has 0 spiro atoms. The first-order valence-corrected chi connectivity index (χ1v) is 3.85. The molecular formula is C7H13NO4. The smallest absolute Gasteiger partial charge is 0.251 e. The second-order valence-corrected chi connectivity index (χ2v) is 3.05. The number of hydrogen-bond acceptors (Lipinski definition) is 4. The summed E-state index contributed by atoms with van der Waals surface area (Å²) in [5, 5.41) is 27.0. The van der Waals surface area contributed by atoms with Crippen molar-refractivity contribution in [3.05, 3.63) is 0 Å². The van der Waals surface area contributed by atoms with Crippen LogP contribution in [-0.4, -0.2) is 57.5 Å². The van der Waals surface area contributed by atoms with Crippen LogP contribution < -0.4 is 0 Å². The molecule has 0 radical (unpaired) electrons. The molecule has 1 fully saturated rings. The lowest BCUT2D eigenvalue weighted by Gasteiger charge is -2.16. The number of nitrogens with zero attached hydrogens (tertiary/aromatic N) is 1. The Labute approximate surface area is 70.2 Å². The lowest BCUT2D eigenvalue weighted by Crippen LogP contribution is -2.36. The minimum atomic E-state index is -1.07. The Bertz CT molecular complexity index is 172. The van der Waals surface area contributed by atoms with E-state index in [0.717, 1.165) is 0 Å². The van der Waals surface area contributed by atoms with E-state index in [9.17, 15) is 4.79 Å². The Kier molecular flexibility index (Phi) is 2.66. The highest BCUT2D eigenvalue weighted by Crippen LogP contribution is 2.10. The fourth-order valence-electron chi connectivity index (χ4n) is 1.21. The second-order valence-electron chi connectivity index (χ2n) is 3.05. The summed E-state index contributed by atoms with van der Waals surface area (Å²) in [6.07, 6.45) is -2.83. The zero-order valence-electron chi connectivity index (χ0n) is 6.84. The molecule has 1 saturated heterocycles. The van der Waals surface area contributed by atoms with E-state index in [1.54, 1.807) is 0 Å². The van der Waals surface area contributed by atoms with Gasteiger partial charge in [-0.15, -0.1) is 0 Å². The first-order chi connectivity index (χ1) is 5.52. The van der Waals surface area contributed by atoms with Crippen LogP contribution >= 0.6 is 0 Å². The maximum Gasteiger partial charge on any atom is 0.251 e. The Hall–Kier alpha value is -0.650. The van der Waals surface area contributed by atoms with Gasteiger partial charge in [0.05, 0.1) is 12.2 Å². The monoisotopic (exact) mass is 175 g/mol. The predicted molar refractivity (Wildman–Crippen MR) is 40.3 cm³/mol. The standard InChI is InChI=1S/C7H13NO4/c1-4(9)7(12)8-2-5(10)6(11)3-8/h4-6,9-11H,2-3H2,1H3/t4-,5-,6+/m0/s1. The average molecular weight is 175 g/mol. The van der Waals surface area contributed by atoms with Gasteiger partial charge in [-0.2, -0.15) is 0 Å². The number of hydrogen-bond donors (Lipinski definition) is 3. The molecule has 3 N–H and O–H groups in total. The summed E-state index contributed by atoms with van der Waals surface area (Å²) in [6, 6.07) is 0. The maximum atomic E-state index is 11.1. The van der Waals surface area contributed by atoms with Gasteiger partial charge in [0.25, 0.3) is 5.91 Å². The fraction of sp³-hybridized carbons (Fsp3) is 0.857. The van der Waals surface area contributed by atoms with Crippen LogP contribution in [0.5, 0.6) is 0 Å². The molecule has 70 valence electrons. The second kappa shape index (κ2) is 3.38. The van der Waals surface area contributed by atoms with Crippen LogP contribution in [-0.2, 0) is 4.79 Å². The maximum absolute atomic E-state index is 11.1. The van der Waals surface area contributed by atoms with Gasteiger partial charge in [0, 0.05) is 13.1 Å². The molecule has 12 heavy (non-hydrogen) atoms. The normalized spacial score (nSPS) is 32.2. The number of β-amino-alcohol motifs (C(OH)–C–C–N with tert-alkyl or cyclic N) is 2. The third-order valence-electron chi connectivity index (χ3n) is 1.93. The van der Waals surface area contributed by atoms with Crippen LogP contribution in [0.15, 0.2) is 0 Å². The van der Waals surface area contributed by atoms with E-state index in [2.05, 4.69) is 0 Å². The third kappa shape index (κ3) is 1.74. The van der Waals surface area contributed by atoms with Crippen molar-refractivity contribution in [3.8, 4) is 0 Å². The van der Waals surface area contributed by atoms with E-state index in [4.69, 9.17) is 15.3 Å². The van der Waals surface area contributed by atoms with Crippen molar-refractivity contribution >= 4 is 5.91 Å². The number of rotatable bonds is 1. The molecule has 1 aliphatic rings. The topological polar surface area (TPSA) is 81.0 Å². The first-order valence-electron chi connectivity index (χ1n) is 3.85. The van der Waals surface area contributed by atoms with E-state index >= 15 is 0 Å². The van der Waals surface area contributed by atoms with Crippen LogP contribution in [0.25, 0.3) is 0 Å². The molecule has 1 rings (SSSR count). The number of carbonyl (C=O) groups excluding carboxylic acids is 1. The van der Waals surface area contributed by atoms with Gasteiger partial charge >= 0.3 is 0 Å². The van der Waals surface area contributed by atoms with Crippen LogP contribution in [0.2, 0.25) is 0 Å². The number of aliphatic hydroxyl groups is 3. The van der Waals surface area contributed by atoms with Crippen LogP contribution in [0.4, 0.5) is 0 Å². The Morgan fingerprint density at radius 1 is 1.42 bits per heavy atom. The van der Waals surface area contributed by atoms with Crippen LogP contribution in [0, 0.1) is 0 Å². The highest BCUT2D eigenvalue weighted by atomic mass is 16.3. The Balaban J connectivity index is 2.52. The van der Waals surface area contributed by atoms with Crippen molar-refractivity contribution in [1.29, 1.82) is 0 Å². The number of carbonyl (C=O) groups is 1. The van der Waals surface area contributed by atoms with Crippen molar-refractivity contribution < 1.29 is 20.1 Å². The van der Waals surface area contributed by atoms with Gasteiger partial charge in [0.1, 0.15) is 6.10 Å². The molecule has 1 aliphatic heterocycles. The van der Waals surface area contributed by atoms with Gasteiger partial charge in [0.15, 0.2) is 0 Å². The van der Waals surface area contributed by atoms with E-state index < -0.39 is 24.2 Å². The molecule has 0 bridgehead atoms. The highest BCUT2D eigenvalue weighted by Gasteiger charge is 2.33. The lowest BCUT2D eigenvalue weighted by molar-refractivity contribution is -0.138. The summed E-state index contributed by atoms with van der Waals surface area (Å²) in [6.45, 7) is 1.56. The van der Waals surface area contributed by atoms with E-state index in [1.165, 1.54) is 11.8 Å². The number of amides is 1. The molecule has 0 aromatic rings. The molecule has 0 saturated carbocycles. The van der Waals surface area contributed by atoms with Crippen molar-refractivity contribution in [2.75, 3.05) is 13.1 Å². The molecule has 1 heterocycles. The third-order valence-corrected chi connectivity index (χ3v) is 1.93. The molecule has 5 nitrogen and oxygen atoms in total. The zero-order chi connectivity index (χ0) is 9.30. The van der Waals surface area contributed by atoms with Crippen molar-refractivity contribution in [2.24, 2.45) is 0 Å². The summed E-state index contributed by atoms with van der Waals surface area (Å²) in [5.41, 5.74) is 0. The Morgan fingerprint density at radius 2 is 1.83 bits per heavy atom. The predicted octanol–water partition coefficient (Wildman–Crippen LogP) is -2.07. The molecule has 1 amide bonds. The number of aliphatic hydroxyl groups excluding tert-OH is 3. The van der Waals surface area contributed by atoms with Gasteiger partial charge in [-0.3, -0.25) is 4.79 Å². The molecular weight excluding hydrogens is 162 g/mol. The van der Waals surface area contributed by atoms with Gasteiger partial charge in [0.2, 0.25) is 0 Å². The molecule has 0 aliphatic carbocycles. The summed E-state index contributed by atoms with van der Waals surface area (Å²) < 4.78 is 0. The minimum Gasteiger partial charge on any atom is -0.388 e.